The monoisotopic (exact) mass is 507 g/mol. The highest BCUT2D eigenvalue weighted by atomic mass is 16.6. The Morgan fingerprint density at radius 2 is 1.84 bits per heavy atom. The number of carbonyl (C=O) groups is 4. The normalized spacial score (nSPS) is 18.2. The van der Waals surface area contributed by atoms with Gasteiger partial charge in [0, 0.05) is 42.7 Å². The minimum Gasteiger partial charge on any atom is -0.442 e. The maximum atomic E-state index is 13.0. The molecular weight excluding hydrogens is 474 g/mol. The van der Waals surface area contributed by atoms with E-state index in [1.54, 1.807) is 34.9 Å². The molecule has 0 aromatic heterocycles. The molecule has 2 aromatic rings. The first-order valence-electron chi connectivity index (χ1n) is 12.4. The number of likely N-dealkylation sites (tertiary alicyclic amines) is 1. The number of cyclic esters (lactones) is 1. The van der Waals surface area contributed by atoms with Crippen LogP contribution in [0.1, 0.15) is 47.3 Å². The number of nitrogens with one attached hydrogen (secondary N) is 1. The standard InChI is InChI=1S/C27H33N5O5/c1-3-23(33)30-13-21-14-32(26(36)37-21)20-7-5-19(6-8-20)27(2)15-31(16-27)24(34)11-18-10-17(12-28)4-9-22(18)25(29)35/h4-10,21H,3,11-16,28H2,1-2H3,(H2,29,35)(H,30,33)/t21-/m0/s1. The average Bonchev–Trinajstić information content (AvgIpc) is 3.25. The fourth-order valence-corrected chi connectivity index (χ4v) is 4.83. The Hall–Kier alpha value is -3.92. The third-order valence-electron chi connectivity index (χ3n) is 7.04. The number of rotatable bonds is 9. The van der Waals surface area contributed by atoms with Gasteiger partial charge in [-0.15, -0.1) is 0 Å². The molecule has 196 valence electrons. The van der Waals surface area contributed by atoms with Crippen molar-refractivity contribution in [3.05, 3.63) is 64.7 Å². The summed E-state index contributed by atoms with van der Waals surface area (Å²) < 4.78 is 5.37. The molecule has 0 saturated carbocycles. The predicted octanol–water partition coefficient (Wildman–Crippen LogP) is 1.44. The first kappa shape index (κ1) is 26.2. The Kier molecular flexibility index (Phi) is 7.49. The highest BCUT2D eigenvalue weighted by molar-refractivity contribution is 5.96. The van der Waals surface area contributed by atoms with Crippen LogP contribution in [0.3, 0.4) is 0 Å². The number of hydrogen-bond donors (Lipinski definition) is 3. The van der Waals surface area contributed by atoms with Crippen molar-refractivity contribution in [2.45, 2.75) is 44.8 Å². The molecule has 37 heavy (non-hydrogen) atoms. The Morgan fingerprint density at radius 1 is 1.14 bits per heavy atom. The second-order valence-corrected chi connectivity index (χ2v) is 9.87. The quantitative estimate of drug-likeness (QED) is 0.468. The summed E-state index contributed by atoms with van der Waals surface area (Å²) in [6.45, 7) is 5.89. The SMILES string of the molecule is CCC(=O)NC[C@H]1CN(c2ccc(C3(C)CN(C(=O)Cc4cc(CN)ccc4C(N)=O)C3)cc2)C(=O)O1. The zero-order valence-corrected chi connectivity index (χ0v) is 21.2. The Bertz CT molecular complexity index is 1210. The van der Waals surface area contributed by atoms with Crippen LogP contribution < -0.4 is 21.7 Å². The molecular formula is C27H33N5O5. The summed E-state index contributed by atoms with van der Waals surface area (Å²) in [7, 11) is 0. The second kappa shape index (κ2) is 10.6. The van der Waals surface area contributed by atoms with Crippen molar-refractivity contribution in [1.82, 2.24) is 10.2 Å². The number of carbonyl (C=O) groups excluding carboxylic acids is 4. The molecule has 0 bridgehead atoms. The maximum absolute atomic E-state index is 13.0. The first-order valence-corrected chi connectivity index (χ1v) is 12.4. The average molecular weight is 508 g/mol. The van der Waals surface area contributed by atoms with Gasteiger partial charge < -0.3 is 26.4 Å². The van der Waals surface area contributed by atoms with Gasteiger partial charge in [0.15, 0.2) is 0 Å². The van der Waals surface area contributed by atoms with Crippen molar-refractivity contribution in [3.63, 3.8) is 0 Å². The van der Waals surface area contributed by atoms with E-state index in [1.165, 1.54) is 0 Å². The van der Waals surface area contributed by atoms with E-state index in [2.05, 4.69) is 12.2 Å². The lowest BCUT2D eigenvalue weighted by atomic mass is 9.75. The third-order valence-corrected chi connectivity index (χ3v) is 7.04. The highest BCUT2D eigenvalue weighted by Gasteiger charge is 2.42. The molecule has 4 rings (SSSR count). The van der Waals surface area contributed by atoms with Gasteiger partial charge in [-0.25, -0.2) is 4.79 Å². The molecule has 4 amide bonds. The van der Waals surface area contributed by atoms with Gasteiger partial charge in [-0.05, 0) is 34.9 Å². The van der Waals surface area contributed by atoms with E-state index in [0.717, 1.165) is 11.1 Å². The molecule has 10 heteroatoms. The van der Waals surface area contributed by atoms with Crippen molar-refractivity contribution in [2.24, 2.45) is 11.5 Å². The fourth-order valence-electron chi connectivity index (χ4n) is 4.83. The number of primary amides is 1. The summed E-state index contributed by atoms with van der Waals surface area (Å²) in [4.78, 5) is 51.9. The molecule has 2 aliphatic rings. The summed E-state index contributed by atoms with van der Waals surface area (Å²) in [6.07, 6.45) is -0.377. The second-order valence-electron chi connectivity index (χ2n) is 9.87. The van der Waals surface area contributed by atoms with Gasteiger partial charge >= 0.3 is 6.09 Å². The van der Waals surface area contributed by atoms with E-state index in [9.17, 15) is 19.2 Å². The van der Waals surface area contributed by atoms with Crippen molar-refractivity contribution in [1.29, 1.82) is 0 Å². The van der Waals surface area contributed by atoms with Crippen molar-refractivity contribution in [2.75, 3.05) is 31.1 Å². The highest BCUT2D eigenvalue weighted by Crippen LogP contribution is 2.36. The Morgan fingerprint density at radius 3 is 2.46 bits per heavy atom. The number of anilines is 1. The van der Waals surface area contributed by atoms with E-state index in [1.807, 2.05) is 24.3 Å². The molecule has 2 heterocycles. The summed E-state index contributed by atoms with van der Waals surface area (Å²) in [6, 6.07) is 12.8. The number of ether oxygens (including phenoxy) is 1. The van der Waals surface area contributed by atoms with E-state index in [4.69, 9.17) is 16.2 Å². The van der Waals surface area contributed by atoms with Crippen LogP contribution in [0.25, 0.3) is 0 Å². The van der Waals surface area contributed by atoms with Crippen molar-refractivity contribution in [3.8, 4) is 0 Å². The maximum Gasteiger partial charge on any atom is 0.414 e. The van der Waals surface area contributed by atoms with Gasteiger partial charge in [-0.2, -0.15) is 0 Å². The van der Waals surface area contributed by atoms with Crippen LogP contribution in [0.2, 0.25) is 0 Å². The zero-order chi connectivity index (χ0) is 26.7. The van der Waals surface area contributed by atoms with E-state index < -0.39 is 18.1 Å². The summed E-state index contributed by atoms with van der Waals surface area (Å²) >= 11 is 0. The van der Waals surface area contributed by atoms with Crippen LogP contribution in [-0.4, -0.2) is 61.0 Å². The summed E-state index contributed by atoms with van der Waals surface area (Å²) in [5, 5.41) is 2.75. The van der Waals surface area contributed by atoms with Crippen LogP contribution in [0.15, 0.2) is 42.5 Å². The van der Waals surface area contributed by atoms with Gasteiger partial charge in [0.05, 0.1) is 19.5 Å². The Labute approximate surface area is 215 Å². The van der Waals surface area contributed by atoms with Crippen LogP contribution in [-0.2, 0) is 32.7 Å². The largest absolute Gasteiger partial charge is 0.442 e. The number of nitrogens with two attached hydrogens (primary N) is 2. The van der Waals surface area contributed by atoms with E-state index in [-0.39, 0.29) is 30.2 Å². The van der Waals surface area contributed by atoms with Crippen molar-refractivity contribution < 1.29 is 23.9 Å². The molecule has 1 atom stereocenters. The van der Waals surface area contributed by atoms with Crippen molar-refractivity contribution >= 4 is 29.5 Å². The molecule has 2 aromatic carbocycles. The van der Waals surface area contributed by atoms with Gasteiger partial charge in [0.25, 0.3) is 0 Å². The summed E-state index contributed by atoms with van der Waals surface area (Å²) in [5.74, 6) is -0.733. The van der Waals surface area contributed by atoms with Gasteiger partial charge in [-0.3, -0.25) is 19.3 Å². The number of hydrogen-bond acceptors (Lipinski definition) is 6. The topological polar surface area (TPSA) is 148 Å². The third kappa shape index (κ3) is 5.59. The van der Waals surface area contributed by atoms with Gasteiger partial charge in [-0.1, -0.05) is 38.1 Å². The minimum atomic E-state index is -0.571. The van der Waals surface area contributed by atoms with Crippen LogP contribution in [0, 0.1) is 0 Å². The first-order chi connectivity index (χ1) is 17.6. The molecule has 10 nitrogen and oxygen atoms in total. The molecule has 2 aliphatic heterocycles. The number of benzene rings is 2. The Balaban J connectivity index is 1.36. The number of nitrogens with zero attached hydrogens (tertiary/aromatic N) is 2. The van der Waals surface area contributed by atoms with Gasteiger partial charge in [0.2, 0.25) is 17.7 Å². The molecule has 2 saturated heterocycles. The molecule has 0 unspecified atom stereocenters. The predicted molar refractivity (Wildman–Crippen MR) is 138 cm³/mol. The summed E-state index contributed by atoms with van der Waals surface area (Å²) in [5.41, 5.74) is 14.5. The molecule has 5 N–H and O–H groups in total. The van der Waals surface area contributed by atoms with Crippen LogP contribution in [0.4, 0.5) is 10.5 Å². The molecule has 0 aliphatic carbocycles. The lowest BCUT2D eigenvalue weighted by Crippen LogP contribution is -2.60. The zero-order valence-electron chi connectivity index (χ0n) is 21.2. The van der Waals surface area contributed by atoms with E-state index >= 15 is 0 Å². The molecule has 2 fully saturated rings. The van der Waals surface area contributed by atoms with Crippen LogP contribution in [0.5, 0.6) is 0 Å². The van der Waals surface area contributed by atoms with E-state index in [0.29, 0.717) is 49.4 Å². The molecule has 0 spiro atoms. The van der Waals surface area contributed by atoms with Gasteiger partial charge in [0.1, 0.15) is 6.10 Å². The lowest BCUT2D eigenvalue weighted by molar-refractivity contribution is -0.137. The number of amides is 4. The van der Waals surface area contributed by atoms with Crippen LogP contribution >= 0.6 is 0 Å². The smallest absolute Gasteiger partial charge is 0.414 e. The lowest BCUT2D eigenvalue weighted by Gasteiger charge is -2.48. The molecule has 0 radical (unpaired) electrons. The minimum absolute atomic E-state index is 0.0771. The fraction of sp³-hybridized carbons (Fsp3) is 0.407.